The summed E-state index contributed by atoms with van der Waals surface area (Å²) in [6.45, 7) is 2.70. The maximum atomic E-state index is 13.3. The summed E-state index contributed by atoms with van der Waals surface area (Å²) in [5, 5.41) is 87.5. The molecule has 9 N–H and O–H groups in total. The van der Waals surface area contributed by atoms with Crippen molar-refractivity contribution in [2.24, 2.45) is 0 Å². The number of ether oxygens (including phenoxy) is 4. The minimum absolute atomic E-state index is 0.243. The summed E-state index contributed by atoms with van der Waals surface area (Å²) >= 11 is 0. The van der Waals surface area contributed by atoms with Gasteiger partial charge in [0.25, 0.3) is 0 Å². The lowest BCUT2D eigenvalue weighted by Crippen LogP contribution is -2.65. The van der Waals surface area contributed by atoms with E-state index in [0.29, 0.717) is 6.42 Å². The lowest BCUT2D eigenvalue weighted by molar-refractivity contribution is -0.359. The Morgan fingerprint density at radius 3 is 1.16 bits per heavy atom. The van der Waals surface area contributed by atoms with E-state index in [1.54, 1.807) is 6.08 Å². The highest BCUT2D eigenvalue weighted by molar-refractivity contribution is 5.76. The molecule has 0 bridgehead atoms. The molecule has 2 aliphatic heterocycles. The van der Waals surface area contributed by atoms with Gasteiger partial charge in [-0.25, -0.2) is 0 Å². The maximum absolute atomic E-state index is 13.3. The summed E-state index contributed by atoms with van der Waals surface area (Å²) in [4.78, 5) is 13.3. The smallest absolute Gasteiger partial charge is 0.220 e. The highest BCUT2D eigenvalue weighted by atomic mass is 16.7. The molecule has 0 spiro atoms. The van der Waals surface area contributed by atoms with Gasteiger partial charge in [0.05, 0.1) is 32.0 Å². The van der Waals surface area contributed by atoms with E-state index < -0.39 is 86.8 Å². The van der Waals surface area contributed by atoms with Crippen molar-refractivity contribution in [3.63, 3.8) is 0 Å². The first-order chi connectivity index (χ1) is 44.6. The van der Waals surface area contributed by atoms with Gasteiger partial charge >= 0.3 is 0 Å². The first kappa shape index (κ1) is 83.7. The molecule has 2 fully saturated rings. The van der Waals surface area contributed by atoms with Crippen LogP contribution in [0.3, 0.4) is 0 Å². The number of unbranched alkanes of at least 4 members (excludes halogenated alkanes) is 30. The van der Waals surface area contributed by atoms with Crippen molar-refractivity contribution in [1.29, 1.82) is 0 Å². The molecule has 14 nitrogen and oxygen atoms in total. The number of carbonyl (C=O) groups is 1. The van der Waals surface area contributed by atoms with Crippen LogP contribution in [0, 0.1) is 0 Å². The number of hydrogen-bond acceptors (Lipinski definition) is 13. The molecule has 2 heterocycles. The number of allylic oxidation sites excluding steroid dienone is 17. The Labute approximate surface area is 553 Å². The minimum Gasteiger partial charge on any atom is -0.394 e. The number of nitrogens with one attached hydrogen (secondary N) is 1. The van der Waals surface area contributed by atoms with Crippen molar-refractivity contribution in [3.8, 4) is 0 Å². The Bertz CT molecular complexity index is 1950. The van der Waals surface area contributed by atoms with Crippen molar-refractivity contribution >= 4 is 5.91 Å². The summed E-state index contributed by atoms with van der Waals surface area (Å²) in [5.41, 5.74) is 0. The van der Waals surface area contributed by atoms with Gasteiger partial charge in [0, 0.05) is 6.42 Å². The first-order valence-electron chi connectivity index (χ1n) is 36.6. The van der Waals surface area contributed by atoms with E-state index in [-0.39, 0.29) is 18.9 Å². The predicted molar refractivity (Wildman–Crippen MR) is 373 cm³/mol. The van der Waals surface area contributed by atoms with Crippen LogP contribution in [0.4, 0.5) is 0 Å². The maximum Gasteiger partial charge on any atom is 0.220 e. The molecule has 91 heavy (non-hydrogen) atoms. The molecular weight excluding hydrogens is 1150 g/mol. The van der Waals surface area contributed by atoms with Crippen LogP contribution in [-0.2, 0) is 23.7 Å². The Balaban J connectivity index is 1.64. The summed E-state index contributed by atoms with van der Waals surface area (Å²) in [6.07, 6.45) is 69.9. The molecule has 0 aromatic heterocycles. The van der Waals surface area contributed by atoms with Gasteiger partial charge in [-0.1, -0.05) is 297 Å². The van der Waals surface area contributed by atoms with E-state index in [1.165, 1.54) is 154 Å². The fraction of sp³-hybridized carbons (Fsp3) is 0.753. The van der Waals surface area contributed by atoms with Crippen molar-refractivity contribution < 1.29 is 64.6 Å². The lowest BCUT2D eigenvalue weighted by Gasteiger charge is -2.46. The quantitative estimate of drug-likeness (QED) is 0.0204. The van der Waals surface area contributed by atoms with Crippen LogP contribution in [0.25, 0.3) is 0 Å². The third kappa shape index (κ3) is 44.1. The van der Waals surface area contributed by atoms with E-state index in [9.17, 15) is 45.6 Å². The van der Waals surface area contributed by atoms with Gasteiger partial charge in [-0.05, 0) is 83.5 Å². The Hall–Kier alpha value is -3.35. The topological polar surface area (TPSA) is 228 Å². The fourth-order valence-corrected chi connectivity index (χ4v) is 11.4. The zero-order valence-corrected chi connectivity index (χ0v) is 57.1. The molecule has 1 amide bonds. The number of aliphatic hydroxyl groups is 8. The highest BCUT2D eigenvalue weighted by Gasteiger charge is 2.51. The molecule has 0 radical (unpaired) electrons. The van der Waals surface area contributed by atoms with Crippen LogP contribution in [0.1, 0.15) is 277 Å². The molecule has 12 atom stereocenters. The molecule has 0 aromatic rings. The lowest BCUT2D eigenvalue weighted by atomic mass is 9.97. The molecule has 0 aliphatic carbocycles. The predicted octanol–water partition coefficient (Wildman–Crippen LogP) is 15.5. The standard InChI is InChI=1S/C77H133NO13/c1-3-5-7-9-11-13-15-17-19-21-23-25-26-27-28-29-30-31-32-33-34-35-36-37-38-39-40-41-43-45-47-49-51-53-55-57-59-61-69(82)78-65(66(81)60-58-56-54-52-50-48-46-44-42-24-22-20-18-16-14-12-10-8-6-4-2)64-88-76-74(87)72(85)75(68(63-80)90-76)91-77-73(86)71(84)70(83)67(62-79)89-77/h5,7,11,13,17,19,23,25,27-28,30-31,33-34,36-37,58,60,65-68,70-77,79-81,83-87H,3-4,6,8-10,12,14-16,18,20-22,24,26,29,32,35,38-57,59,61-64H2,1-2H3,(H,78,82)/b7-5-,13-11-,19-17-,25-23-,28-27-,31-30-,34-33-,37-36-,60-58+. The number of amides is 1. The molecule has 2 rings (SSSR count). The fourth-order valence-electron chi connectivity index (χ4n) is 11.4. The summed E-state index contributed by atoms with van der Waals surface area (Å²) in [5.74, 6) is -0.243. The summed E-state index contributed by atoms with van der Waals surface area (Å²) in [6, 6.07) is -0.923. The summed E-state index contributed by atoms with van der Waals surface area (Å²) in [7, 11) is 0. The third-order valence-corrected chi connectivity index (χ3v) is 17.2. The summed E-state index contributed by atoms with van der Waals surface area (Å²) < 4.78 is 22.9. The Kier molecular flexibility index (Phi) is 55.5. The van der Waals surface area contributed by atoms with Crippen LogP contribution in [-0.4, -0.2) is 140 Å². The number of aliphatic hydroxyl groups excluding tert-OH is 8. The van der Waals surface area contributed by atoms with Gasteiger partial charge in [-0.2, -0.15) is 0 Å². The second-order valence-electron chi connectivity index (χ2n) is 25.3. The van der Waals surface area contributed by atoms with Crippen LogP contribution < -0.4 is 5.32 Å². The monoisotopic (exact) mass is 1280 g/mol. The number of hydrogen-bond donors (Lipinski definition) is 9. The van der Waals surface area contributed by atoms with Crippen LogP contribution in [0.5, 0.6) is 0 Å². The molecule has 524 valence electrons. The van der Waals surface area contributed by atoms with Crippen LogP contribution >= 0.6 is 0 Å². The van der Waals surface area contributed by atoms with Crippen LogP contribution in [0.2, 0.25) is 0 Å². The average Bonchev–Trinajstić information content (AvgIpc) is 1.04. The van der Waals surface area contributed by atoms with Crippen molar-refractivity contribution in [3.05, 3.63) is 109 Å². The van der Waals surface area contributed by atoms with E-state index in [1.807, 2.05) is 6.08 Å². The van der Waals surface area contributed by atoms with Gasteiger partial charge in [0.2, 0.25) is 5.91 Å². The van der Waals surface area contributed by atoms with Crippen molar-refractivity contribution in [2.75, 3.05) is 19.8 Å². The zero-order chi connectivity index (χ0) is 65.9. The minimum atomic E-state index is -1.79. The second-order valence-corrected chi connectivity index (χ2v) is 25.3. The molecule has 14 heteroatoms. The van der Waals surface area contributed by atoms with Gasteiger partial charge in [0.1, 0.15) is 48.8 Å². The largest absolute Gasteiger partial charge is 0.394 e. The first-order valence-corrected chi connectivity index (χ1v) is 36.6. The molecule has 0 aromatic carbocycles. The molecule has 2 saturated heterocycles. The number of carbonyl (C=O) groups excluding carboxylic acids is 1. The van der Waals surface area contributed by atoms with Gasteiger partial charge in [0.15, 0.2) is 12.6 Å². The number of rotatable bonds is 59. The van der Waals surface area contributed by atoms with E-state index in [0.717, 1.165) is 96.3 Å². The SMILES string of the molecule is CC/C=C\C/C=C\C/C=C\C/C=C\C/C=C\C/C=C\C/C=C\C/C=C\CCCCCCCCCCCCCCC(=O)NC(COC1OC(CO)C(OC2OC(CO)C(O)C(O)C2O)C(O)C1O)C(O)/C=C/CCCCCCCCCCCCCCCCCCCC. The molecule has 0 saturated carbocycles. The average molecular weight is 1280 g/mol. The van der Waals surface area contributed by atoms with E-state index in [4.69, 9.17) is 18.9 Å². The van der Waals surface area contributed by atoms with E-state index >= 15 is 0 Å². The molecule has 2 aliphatic rings. The van der Waals surface area contributed by atoms with Crippen molar-refractivity contribution in [1.82, 2.24) is 5.32 Å². The molecule has 12 unspecified atom stereocenters. The van der Waals surface area contributed by atoms with Crippen molar-refractivity contribution in [2.45, 2.75) is 351 Å². The van der Waals surface area contributed by atoms with Gasteiger partial charge in [-0.15, -0.1) is 0 Å². The normalized spacial score (nSPS) is 23.5. The van der Waals surface area contributed by atoms with Gasteiger partial charge < -0.3 is 65.1 Å². The van der Waals surface area contributed by atoms with Gasteiger partial charge in [-0.3, -0.25) is 4.79 Å². The molecular formula is C77H133NO13. The zero-order valence-electron chi connectivity index (χ0n) is 57.1. The Morgan fingerprint density at radius 1 is 0.407 bits per heavy atom. The second kappa shape index (κ2) is 60.3. The van der Waals surface area contributed by atoms with Crippen LogP contribution in [0.15, 0.2) is 109 Å². The van der Waals surface area contributed by atoms with E-state index in [2.05, 4.69) is 116 Å². The highest BCUT2D eigenvalue weighted by Crippen LogP contribution is 2.30. The third-order valence-electron chi connectivity index (χ3n) is 17.2. The Morgan fingerprint density at radius 2 is 0.758 bits per heavy atom.